The van der Waals surface area contributed by atoms with Crippen LogP contribution in [0.4, 0.5) is 17.1 Å². The number of carbonyl (C=O) groups excluding carboxylic acids is 3. The molecule has 2 N–H and O–H groups in total. The zero-order valence-corrected chi connectivity index (χ0v) is 15.6. The lowest BCUT2D eigenvalue weighted by atomic mass is 10.1. The highest BCUT2D eigenvalue weighted by atomic mass is 32.2. The van der Waals surface area contributed by atoms with Crippen molar-refractivity contribution < 1.29 is 14.4 Å². The van der Waals surface area contributed by atoms with Crippen LogP contribution < -0.4 is 15.5 Å². The summed E-state index contributed by atoms with van der Waals surface area (Å²) >= 11 is 1.41. The summed E-state index contributed by atoms with van der Waals surface area (Å²) in [5.74, 6) is -0.338. The molecule has 2 aromatic carbocycles. The van der Waals surface area contributed by atoms with E-state index in [9.17, 15) is 14.4 Å². The summed E-state index contributed by atoms with van der Waals surface area (Å²) in [6.45, 7) is 2.22. The number of fused-ring (bicyclic) bond motifs is 2. The SMILES string of the molecule is CC(=O)N1CCc2cc(NC(=O)C[C@H]3Sc4ccccc4NC3=O)ccc21. The van der Waals surface area contributed by atoms with E-state index in [0.29, 0.717) is 12.2 Å². The highest BCUT2D eigenvalue weighted by molar-refractivity contribution is 8.01. The molecule has 27 heavy (non-hydrogen) atoms. The highest BCUT2D eigenvalue weighted by Gasteiger charge is 2.29. The largest absolute Gasteiger partial charge is 0.326 e. The smallest absolute Gasteiger partial charge is 0.238 e. The molecule has 2 aliphatic rings. The fourth-order valence-corrected chi connectivity index (χ4v) is 4.52. The van der Waals surface area contributed by atoms with Crippen LogP contribution in [-0.4, -0.2) is 29.5 Å². The molecule has 2 aliphatic heterocycles. The normalized spacial score (nSPS) is 17.7. The van der Waals surface area contributed by atoms with Gasteiger partial charge in [-0.1, -0.05) is 12.1 Å². The number of carbonyl (C=O) groups is 3. The van der Waals surface area contributed by atoms with Crippen LogP contribution >= 0.6 is 11.8 Å². The van der Waals surface area contributed by atoms with E-state index in [-0.39, 0.29) is 24.1 Å². The average Bonchev–Trinajstić information content (AvgIpc) is 3.05. The van der Waals surface area contributed by atoms with Crippen molar-refractivity contribution in [3.05, 3.63) is 48.0 Å². The van der Waals surface area contributed by atoms with E-state index in [1.807, 2.05) is 36.4 Å². The zero-order valence-electron chi connectivity index (χ0n) is 14.8. The summed E-state index contributed by atoms with van der Waals surface area (Å²) in [7, 11) is 0. The Morgan fingerprint density at radius 2 is 2.07 bits per heavy atom. The van der Waals surface area contributed by atoms with Gasteiger partial charge in [0.2, 0.25) is 17.7 Å². The molecule has 0 radical (unpaired) electrons. The van der Waals surface area contributed by atoms with Crippen molar-refractivity contribution in [2.24, 2.45) is 0 Å². The van der Waals surface area contributed by atoms with E-state index in [2.05, 4.69) is 10.6 Å². The van der Waals surface area contributed by atoms with Crippen molar-refractivity contribution in [3.8, 4) is 0 Å². The third-order valence-electron chi connectivity index (χ3n) is 4.72. The highest BCUT2D eigenvalue weighted by Crippen LogP contribution is 2.37. The summed E-state index contributed by atoms with van der Waals surface area (Å²) in [5.41, 5.74) is 3.42. The van der Waals surface area contributed by atoms with E-state index in [1.165, 1.54) is 11.8 Å². The summed E-state index contributed by atoms with van der Waals surface area (Å²) < 4.78 is 0. The molecule has 0 aliphatic carbocycles. The van der Waals surface area contributed by atoms with E-state index in [1.54, 1.807) is 17.9 Å². The Hall–Kier alpha value is -2.80. The lowest BCUT2D eigenvalue weighted by molar-refractivity contribution is -0.120. The number of thioether (sulfide) groups is 1. The molecular formula is C20H19N3O3S. The Labute approximate surface area is 161 Å². The minimum atomic E-state index is -0.456. The van der Waals surface area contributed by atoms with Crippen LogP contribution in [0.25, 0.3) is 0 Å². The fourth-order valence-electron chi connectivity index (χ4n) is 3.41. The maximum atomic E-state index is 12.4. The molecular weight excluding hydrogens is 362 g/mol. The topological polar surface area (TPSA) is 78.5 Å². The van der Waals surface area contributed by atoms with Crippen LogP contribution in [0.1, 0.15) is 18.9 Å². The van der Waals surface area contributed by atoms with Gasteiger partial charge in [-0.3, -0.25) is 14.4 Å². The first kappa shape index (κ1) is 17.6. The molecule has 0 saturated heterocycles. The van der Waals surface area contributed by atoms with Crippen LogP contribution in [0.2, 0.25) is 0 Å². The van der Waals surface area contributed by atoms with Crippen molar-refractivity contribution in [3.63, 3.8) is 0 Å². The van der Waals surface area contributed by atoms with Gasteiger partial charge in [-0.05, 0) is 42.3 Å². The van der Waals surface area contributed by atoms with E-state index in [4.69, 9.17) is 0 Å². The minimum absolute atomic E-state index is 0.0196. The fraction of sp³-hybridized carbons (Fsp3) is 0.250. The second-order valence-corrected chi connectivity index (χ2v) is 7.85. The number of benzene rings is 2. The second kappa shape index (κ2) is 7.08. The van der Waals surface area contributed by atoms with E-state index >= 15 is 0 Å². The van der Waals surface area contributed by atoms with Gasteiger partial charge < -0.3 is 15.5 Å². The number of anilines is 3. The number of nitrogens with zero attached hydrogens (tertiary/aromatic N) is 1. The number of amides is 3. The lowest BCUT2D eigenvalue weighted by Gasteiger charge is -2.23. The Bertz CT molecular complexity index is 944. The zero-order chi connectivity index (χ0) is 19.0. The average molecular weight is 381 g/mol. The van der Waals surface area contributed by atoms with Gasteiger partial charge in [0.05, 0.1) is 10.9 Å². The number of para-hydroxylation sites is 1. The van der Waals surface area contributed by atoms with Gasteiger partial charge in [0.1, 0.15) is 0 Å². The molecule has 1 atom stereocenters. The first-order valence-corrected chi connectivity index (χ1v) is 9.66. The van der Waals surface area contributed by atoms with Crippen LogP contribution in [-0.2, 0) is 20.8 Å². The van der Waals surface area contributed by atoms with Crippen molar-refractivity contribution >= 4 is 46.5 Å². The Balaban J connectivity index is 1.42. The van der Waals surface area contributed by atoms with E-state index in [0.717, 1.165) is 28.3 Å². The number of hydrogen-bond acceptors (Lipinski definition) is 4. The number of rotatable bonds is 3. The minimum Gasteiger partial charge on any atom is -0.326 e. The summed E-state index contributed by atoms with van der Waals surface area (Å²) in [6, 6.07) is 13.1. The molecule has 0 aromatic heterocycles. The number of hydrogen-bond donors (Lipinski definition) is 2. The van der Waals surface area contributed by atoms with Crippen molar-refractivity contribution in [2.45, 2.75) is 29.9 Å². The molecule has 0 bridgehead atoms. The molecule has 7 heteroatoms. The molecule has 4 rings (SSSR count). The predicted octanol–water partition coefficient (Wildman–Crippen LogP) is 3.04. The molecule has 2 aromatic rings. The standard InChI is InChI=1S/C20H19N3O3S/c1-12(24)23-9-8-13-10-14(6-7-16(13)23)21-19(25)11-18-20(26)22-15-4-2-3-5-17(15)27-18/h2-7,10,18H,8-9,11H2,1H3,(H,21,25)(H,22,26)/t18-/m1/s1. The molecule has 0 unspecified atom stereocenters. The molecule has 0 saturated carbocycles. The first-order valence-electron chi connectivity index (χ1n) is 8.79. The van der Waals surface area contributed by atoms with Crippen molar-refractivity contribution in [1.82, 2.24) is 0 Å². The van der Waals surface area contributed by atoms with Gasteiger partial charge >= 0.3 is 0 Å². The van der Waals surface area contributed by atoms with Gasteiger partial charge in [0.25, 0.3) is 0 Å². The van der Waals surface area contributed by atoms with Gasteiger partial charge in [-0.15, -0.1) is 11.8 Å². The summed E-state index contributed by atoms with van der Waals surface area (Å²) in [5, 5.41) is 5.27. The molecule has 0 spiro atoms. The summed E-state index contributed by atoms with van der Waals surface area (Å²) in [6.07, 6.45) is 0.873. The molecule has 3 amide bonds. The third kappa shape index (κ3) is 3.55. The third-order valence-corrected chi connectivity index (χ3v) is 5.99. The summed E-state index contributed by atoms with van der Waals surface area (Å²) in [4.78, 5) is 39.0. The number of nitrogens with one attached hydrogen (secondary N) is 2. The van der Waals surface area contributed by atoms with Crippen molar-refractivity contribution in [1.29, 1.82) is 0 Å². The second-order valence-electron chi connectivity index (χ2n) is 6.61. The van der Waals surface area contributed by atoms with E-state index < -0.39 is 5.25 Å². The molecule has 138 valence electrons. The molecule has 2 heterocycles. The quantitative estimate of drug-likeness (QED) is 0.857. The van der Waals surface area contributed by atoms with Crippen LogP contribution in [0.3, 0.4) is 0 Å². The molecule has 6 nitrogen and oxygen atoms in total. The Morgan fingerprint density at radius 1 is 1.26 bits per heavy atom. The van der Waals surface area contributed by atoms with Crippen LogP contribution in [0.15, 0.2) is 47.4 Å². The monoisotopic (exact) mass is 381 g/mol. The van der Waals surface area contributed by atoms with Gasteiger partial charge in [-0.25, -0.2) is 0 Å². The van der Waals surface area contributed by atoms with Gasteiger partial charge in [0.15, 0.2) is 0 Å². The Kier molecular flexibility index (Phi) is 4.61. The molecule has 0 fully saturated rings. The van der Waals surface area contributed by atoms with Crippen LogP contribution in [0.5, 0.6) is 0 Å². The van der Waals surface area contributed by atoms with Crippen LogP contribution in [0, 0.1) is 0 Å². The maximum Gasteiger partial charge on any atom is 0.238 e. The Morgan fingerprint density at radius 3 is 2.89 bits per heavy atom. The maximum absolute atomic E-state index is 12.4. The lowest BCUT2D eigenvalue weighted by Crippen LogP contribution is -2.32. The van der Waals surface area contributed by atoms with Crippen molar-refractivity contribution in [2.75, 3.05) is 22.1 Å². The first-order chi connectivity index (χ1) is 13.0. The van der Waals surface area contributed by atoms with Gasteiger partial charge in [-0.2, -0.15) is 0 Å². The predicted molar refractivity (Wildman–Crippen MR) is 106 cm³/mol. The van der Waals surface area contributed by atoms with Gasteiger partial charge in [0, 0.05) is 36.2 Å².